The predicted octanol–water partition coefficient (Wildman–Crippen LogP) is 4.06. The lowest BCUT2D eigenvalue weighted by atomic mass is 10.1. The number of thioether (sulfide) groups is 1. The smallest absolute Gasteiger partial charge is 0.285 e. The van der Waals surface area contributed by atoms with E-state index in [-0.39, 0.29) is 11.8 Å². The van der Waals surface area contributed by atoms with Gasteiger partial charge < -0.3 is 9.32 Å². The van der Waals surface area contributed by atoms with Crippen LogP contribution in [0.1, 0.15) is 31.4 Å². The number of piperidine rings is 1. The number of carbonyl (C=O) groups excluding carboxylic acids is 2. The standard InChI is InChI=1S/C22H23N3O3S2/c26-20(11-14-24-12-5-2-6-13-24)23-25-21(27)19(30-22(25)29)15-17-9-10-18(28-17)16-7-3-1-4-8-16/h1,3-4,7-10,15H,2,5-6,11-14H2,(H,23,26). The van der Waals surface area contributed by atoms with Crippen LogP contribution in [0, 0.1) is 0 Å². The third-order valence-corrected chi connectivity index (χ3v) is 6.39. The summed E-state index contributed by atoms with van der Waals surface area (Å²) in [5.74, 6) is 0.741. The number of thiocarbonyl (C=S) groups is 1. The van der Waals surface area contributed by atoms with E-state index in [1.54, 1.807) is 6.08 Å². The first-order chi connectivity index (χ1) is 14.6. The Balaban J connectivity index is 1.36. The molecule has 0 saturated carbocycles. The Hall–Kier alpha value is -2.42. The molecule has 6 nitrogen and oxygen atoms in total. The minimum atomic E-state index is -0.339. The topological polar surface area (TPSA) is 65.8 Å². The minimum Gasteiger partial charge on any atom is -0.457 e. The molecule has 1 aromatic heterocycles. The molecule has 0 atom stereocenters. The number of furan rings is 1. The van der Waals surface area contributed by atoms with Crippen LogP contribution in [0.4, 0.5) is 0 Å². The first-order valence-electron chi connectivity index (χ1n) is 10.1. The molecule has 4 rings (SSSR count). The molecule has 0 aliphatic carbocycles. The van der Waals surface area contributed by atoms with Crippen LogP contribution in [0.5, 0.6) is 0 Å². The average molecular weight is 442 g/mol. The van der Waals surface area contributed by atoms with E-state index in [4.69, 9.17) is 16.6 Å². The van der Waals surface area contributed by atoms with E-state index in [0.717, 1.165) is 41.2 Å². The van der Waals surface area contributed by atoms with Crippen molar-refractivity contribution in [2.45, 2.75) is 25.7 Å². The fourth-order valence-corrected chi connectivity index (χ4v) is 4.66. The van der Waals surface area contributed by atoms with Crippen LogP contribution in [0.25, 0.3) is 17.4 Å². The maximum Gasteiger partial charge on any atom is 0.285 e. The number of hydrogen-bond acceptors (Lipinski definition) is 6. The maximum absolute atomic E-state index is 12.7. The largest absolute Gasteiger partial charge is 0.457 e. The summed E-state index contributed by atoms with van der Waals surface area (Å²) in [7, 11) is 0. The lowest BCUT2D eigenvalue weighted by molar-refractivity contribution is -0.133. The number of nitrogens with one attached hydrogen (secondary N) is 1. The fraction of sp³-hybridized carbons (Fsp3) is 0.318. The average Bonchev–Trinajstić information content (AvgIpc) is 3.34. The number of hydrogen-bond donors (Lipinski definition) is 1. The van der Waals surface area contributed by atoms with Gasteiger partial charge in [0.15, 0.2) is 4.32 Å². The van der Waals surface area contributed by atoms with E-state index in [1.807, 2.05) is 42.5 Å². The second kappa shape index (κ2) is 9.59. The minimum absolute atomic E-state index is 0.206. The molecule has 2 aliphatic rings. The van der Waals surface area contributed by atoms with Crippen LogP contribution in [0.2, 0.25) is 0 Å². The summed E-state index contributed by atoms with van der Waals surface area (Å²) in [6.07, 6.45) is 5.62. The second-order valence-electron chi connectivity index (χ2n) is 7.27. The van der Waals surface area contributed by atoms with Gasteiger partial charge in [-0.25, -0.2) is 0 Å². The number of carbonyl (C=O) groups is 2. The summed E-state index contributed by atoms with van der Waals surface area (Å²) in [5, 5.41) is 1.16. The summed E-state index contributed by atoms with van der Waals surface area (Å²) in [4.78, 5) is 27.7. The molecule has 0 spiro atoms. The van der Waals surface area contributed by atoms with Gasteiger partial charge in [0, 0.05) is 24.6 Å². The van der Waals surface area contributed by atoms with E-state index in [1.165, 1.54) is 19.3 Å². The Morgan fingerprint density at radius 2 is 1.90 bits per heavy atom. The molecule has 2 aliphatic heterocycles. The molecule has 0 bridgehead atoms. The Bertz CT molecular complexity index is 965. The normalized spacial score (nSPS) is 18.9. The van der Waals surface area contributed by atoms with Crippen molar-refractivity contribution in [2.75, 3.05) is 19.6 Å². The van der Waals surface area contributed by atoms with Gasteiger partial charge in [-0.05, 0) is 50.3 Å². The highest BCUT2D eigenvalue weighted by Crippen LogP contribution is 2.32. The van der Waals surface area contributed by atoms with E-state index in [9.17, 15) is 9.59 Å². The Morgan fingerprint density at radius 3 is 2.67 bits per heavy atom. The Kier molecular flexibility index (Phi) is 6.66. The zero-order valence-electron chi connectivity index (χ0n) is 16.5. The van der Waals surface area contributed by atoms with Crippen molar-refractivity contribution in [3.8, 4) is 11.3 Å². The highest BCUT2D eigenvalue weighted by molar-refractivity contribution is 8.26. The zero-order chi connectivity index (χ0) is 20.9. The Morgan fingerprint density at radius 1 is 1.13 bits per heavy atom. The molecule has 0 radical (unpaired) electrons. The van der Waals surface area contributed by atoms with Gasteiger partial charge in [0.05, 0.1) is 4.91 Å². The van der Waals surface area contributed by atoms with Gasteiger partial charge in [0.2, 0.25) is 5.91 Å². The molecule has 2 saturated heterocycles. The molecule has 2 aromatic rings. The quantitative estimate of drug-likeness (QED) is 0.539. The Labute approximate surface area is 185 Å². The molecule has 1 aromatic carbocycles. The van der Waals surface area contributed by atoms with Gasteiger partial charge >= 0.3 is 0 Å². The third kappa shape index (κ3) is 5.00. The SMILES string of the molecule is O=C(CCN1CCCCC1)NN1C(=O)C(=Cc2ccc(-c3ccccc3)o2)SC1=S. The lowest BCUT2D eigenvalue weighted by Gasteiger charge is -2.26. The summed E-state index contributed by atoms with van der Waals surface area (Å²) in [6.45, 7) is 2.77. The number of benzene rings is 1. The second-order valence-corrected chi connectivity index (χ2v) is 8.95. The van der Waals surface area contributed by atoms with Crippen molar-refractivity contribution in [3.05, 3.63) is 53.1 Å². The molecule has 0 unspecified atom stereocenters. The third-order valence-electron chi connectivity index (χ3n) is 5.09. The van der Waals surface area contributed by atoms with Gasteiger partial charge in [-0.1, -0.05) is 48.5 Å². The van der Waals surface area contributed by atoms with E-state index < -0.39 is 0 Å². The number of rotatable bonds is 6. The van der Waals surface area contributed by atoms with Crippen LogP contribution in [0.15, 0.2) is 51.8 Å². The fourth-order valence-electron chi connectivity index (χ4n) is 3.50. The molecule has 2 fully saturated rings. The van der Waals surface area contributed by atoms with Crippen molar-refractivity contribution in [1.29, 1.82) is 0 Å². The molecule has 156 valence electrons. The summed E-state index contributed by atoms with van der Waals surface area (Å²) in [6, 6.07) is 13.4. The van der Waals surface area contributed by atoms with Crippen molar-refractivity contribution in [3.63, 3.8) is 0 Å². The van der Waals surface area contributed by atoms with Crippen LogP contribution < -0.4 is 5.43 Å². The summed E-state index contributed by atoms with van der Waals surface area (Å²) in [5.41, 5.74) is 3.61. The van der Waals surface area contributed by atoms with Crippen molar-refractivity contribution in [2.24, 2.45) is 0 Å². The maximum atomic E-state index is 12.7. The first-order valence-corrected chi connectivity index (χ1v) is 11.3. The van der Waals surface area contributed by atoms with Crippen molar-refractivity contribution >= 4 is 46.2 Å². The monoisotopic (exact) mass is 441 g/mol. The van der Waals surface area contributed by atoms with E-state index in [2.05, 4.69) is 10.3 Å². The van der Waals surface area contributed by atoms with Gasteiger partial charge in [-0.3, -0.25) is 15.0 Å². The van der Waals surface area contributed by atoms with Gasteiger partial charge in [-0.2, -0.15) is 5.01 Å². The van der Waals surface area contributed by atoms with Crippen molar-refractivity contribution < 1.29 is 14.0 Å². The van der Waals surface area contributed by atoms with E-state index in [0.29, 0.717) is 28.0 Å². The van der Waals surface area contributed by atoms with Gasteiger partial charge in [0.1, 0.15) is 11.5 Å². The highest BCUT2D eigenvalue weighted by Gasteiger charge is 2.33. The molecular weight excluding hydrogens is 418 g/mol. The summed E-state index contributed by atoms with van der Waals surface area (Å²) < 4.78 is 6.15. The molecule has 1 N–H and O–H groups in total. The molecule has 3 heterocycles. The van der Waals surface area contributed by atoms with Crippen LogP contribution >= 0.6 is 24.0 Å². The lowest BCUT2D eigenvalue weighted by Crippen LogP contribution is -2.46. The molecular formula is C22H23N3O3S2. The predicted molar refractivity (Wildman–Crippen MR) is 122 cm³/mol. The van der Waals surface area contributed by atoms with Crippen LogP contribution in [-0.4, -0.2) is 45.7 Å². The first kappa shape index (κ1) is 20.8. The van der Waals surface area contributed by atoms with E-state index >= 15 is 0 Å². The number of amides is 2. The molecule has 2 amide bonds. The molecule has 30 heavy (non-hydrogen) atoms. The highest BCUT2D eigenvalue weighted by atomic mass is 32.2. The van der Waals surface area contributed by atoms with Gasteiger partial charge in [0.25, 0.3) is 5.91 Å². The number of hydrazine groups is 1. The summed E-state index contributed by atoms with van der Waals surface area (Å²) >= 11 is 6.45. The van der Waals surface area contributed by atoms with Crippen LogP contribution in [0.3, 0.4) is 0 Å². The van der Waals surface area contributed by atoms with Crippen molar-refractivity contribution in [1.82, 2.24) is 15.3 Å². The van der Waals surface area contributed by atoms with Gasteiger partial charge in [-0.15, -0.1) is 0 Å². The zero-order valence-corrected chi connectivity index (χ0v) is 18.1. The number of nitrogens with zero attached hydrogens (tertiary/aromatic N) is 2. The number of likely N-dealkylation sites (tertiary alicyclic amines) is 1. The molecule has 8 heteroatoms. The van der Waals surface area contributed by atoms with Crippen LogP contribution in [-0.2, 0) is 9.59 Å².